The van der Waals surface area contributed by atoms with Gasteiger partial charge in [-0.1, -0.05) is 17.7 Å². The summed E-state index contributed by atoms with van der Waals surface area (Å²) in [5, 5.41) is 0. The highest BCUT2D eigenvalue weighted by molar-refractivity contribution is 6.00. The Morgan fingerprint density at radius 1 is 1.21 bits per heavy atom. The van der Waals surface area contributed by atoms with Crippen molar-refractivity contribution in [1.29, 1.82) is 0 Å². The first-order valence-electron chi connectivity index (χ1n) is 6.64. The van der Waals surface area contributed by atoms with Crippen molar-refractivity contribution in [3.63, 3.8) is 0 Å². The normalized spacial score (nSPS) is 15.7. The third-order valence-corrected chi connectivity index (χ3v) is 3.22. The molecule has 0 unspecified atom stereocenters. The second-order valence-electron chi connectivity index (χ2n) is 4.86. The van der Waals surface area contributed by atoms with Gasteiger partial charge in [0.1, 0.15) is 11.5 Å². The second kappa shape index (κ2) is 6.36. The topological polar surface area (TPSA) is 46.6 Å². The van der Waals surface area contributed by atoms with E-state index in [0.29, 0.717) is 26.1 Å². The van der Waals surface area contributed by atoms with Crippen molar-refractivity contribution in [2.75, 3.05) is 19.7 Å². The lowest BCUT2D eigenvalue weighted by Gasteiger charge is -2.25. The van der Waals surface area contributed by atoms with Crippen LogP contribution in [0.3, 0.4) is 0 Å². The Bertz CT molecular complexity index is 453. The number of ketones is 1. The van der Waals surface area contributed by atoms with Crippen molar-refractivity contribution in [2.45, 2.75) is 26.2 Å². The fourth-order valence-corrected chi connectivity index (χ4v) is 2.07. The molecule has 0 bridgehead atoms. The monoisotopic (exact) mass is 261 g/mol. The van der Waals surface area contributed by atoms with Gasteiger partial charge < -0.3 is 9.64 Å². The number of hydrogen-bond acceptors (Lipinski definition) is 3. The van der Waals surface area contributed by atoms with Crippen LogP contribution >= 0.6 is 0 Å². The van der Waals surface area contributed by atoms with Crippen LogP contribution in [0.4, 0.5) is 0 Å². The van der Waals surface area contributed by atoms with Gasteiger partial charge in [-0.2, -0.15) is 0 Å². The van der Waals surface area contributed by atoms with E-state index in [9.17, 15) is 9.59 Å². The number of carbonyl (C=O) groups is 2. The number of ether oxygens (including phenoxy) is 1. The van der Waals surface area contributed by atoms with Gasteiger partial charge >= 0.3 is 0 Å². The van der Waals surface area contributed by atoms with E-state index in [-0.39, 0.29) is 18.1 Å². The van der Waals surface area contributed by atoms with E-state index in [1.165, 1.54) is 5.56 Å². The van der Waals surface area contributed by atoms with Crippen LogP contribution in [0.25, 0.3) is 0 Å². The number of amides is 1. The van der Waals surface area contributed by atoms with Crippen LogP contribution in [0, 0.1) is 6.92 Å². The van der Waals surface area contributed by atoms with Crippen molar-refractivity contribution in [3.05, 3.63) is 29.8 Å². The number of Topliss-reactive ketones (excluding diaryl/α,β-unsaturated/α-hetero) is 1. The summed E-state index contributed by atoms with van der Waals surface area (Å²) in [5.74, 6) is 0.856. The third kappa shape index (κ3) is 4.09. The standard InChI is InChI=1S/C15H19NO3/c1-12-3-5-14(6-4-12)19-10-2-8-16-9-7-13(17)11-15(16)18/h3-6H,2,7-11H2,1H3. The van der Waals surface area contributed by atoms with Crippen LogP contribution in [-0.2, 0) is 9.59 Å². The number of rotatable bonds is 5. The van der Waals surface area contributed by atoms with Crippen LogP contribution in [-0.4, -0.2) is 36.3 Å². The summed E-state index contributed by atoms with van der Waals surface area (Å²) < 4.78 is 5.60. The summed E-state index contributed by atoms with van der Waals surface area (Å²) in [6.07, 6.45) is 1.34. The molecule has 0 N–H and O–H groups in total. The van der Waals surface area contributed by atoms with E-state index in [2.05, 4.69) is 0 Å². The Balaban J connectivity index is 1.68. The molecule has 0 radical (unpaired) electrons. The molecule has 0 aromatic heterocycles. The van der Waals surface area contributed by atoms with E-state index in [1.54, 1.807) is 4.90 Å². The second-order valence-corrected chi connectivity index (χ2v) is 4.86. The Morgan fingerprint density at radius 2 is 1.95 bits per heavy atom. The molecule has 1 saturated heterocycles. The number of hydrogen-bond donors (Lipinski definition) is 0. The van der Waals surface area contributed by atoms with Gasteiger partial charge in [0.25, 0.3) is 0 Å². The predicted octanol–water partition coefficient (Wildman–Crippen LogP) is 1.96. The molecule has 19 heavy (non-hydrogen) atoms. The zero-order chi connectivity index (χ0) is 13.7. The molecule has 102 valence electrons. The van der Waals surface area contributed by atoms with Crippen LogP contribution in [0.2, 0.25) is 0 Å². The molecular weight excluding hydrogens is 242 g/mol. The molecule has 4 nitrogen and oxygen atoms in total. The van der Waals surface area contributed by atoms with Gasteiger partial charge in [0.2, 0.25) is 5.91 Å². The van der Waals surface area contributed by atoms with Gasteiger partial charge in [-0.25, -0.2) is 0 Å². The lowest BCUT2D eigenvalue weighted by Crippen LogP contribution is -2.39. The van der Waals surface area contributed by atoms with Crippen molar-refractivity contribution in [3.8, 4) is 5.75 Å². The molecule has 1 fully saturated rings. The van der Waals surface area contributed by atoms with Gasteiger partial charge in [-0.15, -0.1) is 0 Å². The fraction of sp³-hybridized carbons (Fsp3) is 0.467. The molecule has 1 amide bonds. The fourth-order valence-electron chi connectivity index (χ4n) is 2.07. The maximum Gasteiger partial charge on any atom is 0.230 e. The average Bonchev–Trinajstić information content (AvgIpc) is 2.39. The number of nitrogens with zero attached hydrogens (tertiary/aromatic N) is 1. The Kier molecular flexibility index (Phi) is 4.55. The number of carbonyl (C=O) groups excluding carboxylic acids is 2. The minimum Gasteiger partial charge on any atom is -0.494 e. The number of piperidine rings is 1. The quantitative estimate of drug-likeness (QED) is 0.601. The Labute approximate surface area is 113 Å². The molecular formula is C15H19NO3. The third-order valence-electron chi connectivity index (χ3n) is 3.22. The summed E-state index contributed by atoms with van der Waals surface area (Å²) in [6.45, 7) is 3.84. The maximum atomic E-state index is 11.6. The molecule has 1 aromatic rings. The molecule has 0 saturated carbocycles. The van der Waals surface area contributed by atoms with Crippen molar-refractivity contribution >= 4 is 11.7 Å². The van der Waals surface area contributed by atoms with Crippen LogP contribution in [0.1, 0.15) is 24.8 Å². The lowest BCUT2D eigenvalue weighted by molar-refractivity contribution is -0.139. The first-order chi connectivity index (χ1) is 9.15. The van der Waals surface area contributed by atoms with Crippen LogP contribution < -0.4 is 4.74 Å². The molecule has 1 aliphatic rings. The molecule has 0 atom stereocenters. The lowest BCUT2D eigenvalue weighted by atomic mass is 10.1. The Morgan fingerprint density at radius 3 is 2.63 bits per heavy atom. The largest absolute Gasteiger partial charge is 0.494 e. The molecule has 0 aliphatic carbocycles. The van der Waals surface area contributed by atoms with Gasteiger partial charge in [0.05, 0.1) is 13.0 Å². The van der Waals surface area contributed by atoms with Crippen molar-refractivity contribution in [2.24, 2.45) is 0 Å². The predicted molar refractivity (Wildman–Crippen MR) is 72.1 cm³/mol. The maximum absolute atomic E-state index is 11.6. The minimum absolute atomic E-state index is 0.0495. The SMILES string of the molecule is Cc1ccc(OCCCN2CCC(=O)CC2=O)cc1. The average molecular weight is 261 g/mol. The Hall–Kier alpha value is -1.84. The van der Waals surface area contributed by atoms with E-state index in [1.807, 2.05) is 31.2 Å². The van der Waals surface area contributed by atoms with Crippen LogP contribution in [0.5, 0.6) is 5.75 Å². The van der Waals surface area contributed by atoms with Crippen LogP contribution in [0.15, 0.2) is 24.3 Å². The summed E-state index contributed by atoms with van der Waals surface area (Å²) in [4.78, 5) is 24.4. The first-order valence-corrected chi connectivity index (χ1v) is 6.64. The summed E-state index contributed by atoms with van der Waals surface area (Å²) in [6, 6.07) is 7.91. The van der Waals surface area contributed by atoms with Gasteiger partial charge in [-0.3, -0.25) is 9.59 Å². The van der Waals surface area contributed by atoms with E-state index in [0.717, 1.165) is 12.2 Å². The number of aryl methyl sites for hydroxylation is 1. The summed E-state index contributed by atoms with van der Waals surface area (Å²) in [7, 11) is 0. The molecule has 1 heterocycles. The number of benzene rings is 1. The zero-order valence-electron chi connectivity index (χ0n) is 11.2. The zero-order valence-corrected chi connectivity index (χ0v) is 11.2. The highest BCUT2D eigenvalue weighted by Gasteiger charge is 2.22. The smallest absolute Gasteiger partial charge is 0.230 e. The highest BCUT2D eigenvalue weighted by Crippen LogP contribution is 2.12. The van der Waals surface area contributed by atoms with E-state index >= 15 is 0 Å². The minimum atomic E-state index is -0.0495. The van der Waals surface area contributed by atoms with Crippen molar-refractivity contribution in [1.82, 2.24) is 4.90 Å². The summed E-state index contributed by atoms with van der Waals surface area (Å²) >= 11 is 0. The molecule has 1 aromatic carbocycles. The molecule has 0 spiro atoms. The first kappa shape index (κ1) is 13.6. The van der Waals surface area contributed by atoms with E-state index in [4.69, 9.17) is 4.74 Å². The van der Waals surface area contributed by atoms with Gasteiger partial charge in [0.15, 0.2) is 0 Å². The van der Waals surface area contributed by atoms with Crippen molar-refractivity contribution < 1.29 is 14.3 Å². The molecule has 1 aliphatic heterocycles. The van der Waals surface area contributed by atoms with Gasteiger partial charge in [0, 0.05) is 19.5 Å². The molecule has 4 heteroatoms. The number of likely N-dealkylation sites (tertiary alicyclic amines) is 1. The molecule has 2 rings (SSSR count). The summed E-state index contributed by atoms with van der Waals surface area (Å²) in [5.41, 5.74) is 1.20. The van der Waals surface area contributed by atoms with Gasteiger partial charge in [-0.05, 0) is 25.5 Å². The van der Waals surface area contributed by atoms with E-state index < -0.39 is 0 Å². The highest BCUT2D eigenvalue weighted by atomic mass is 16.5.